The Morgan fingerprint density at radius 2 is 2.07 bits per heavy atom. The van der Waals surface area contributed by atoms with Gasteiger partial charge in [-0.2, -0.15) is 0 Å². The third-order valence-electron chi connectivity index (χ3n) is 1.64. The highest BCUT2D eigenvalue weighted by Gasteiger charge is 2.06. The second-order valence-electron chi connectivity index (χ2n) is 2.86. The van der Waals surface area contributed by atoms with E-state index in [-0.39, 0.29) is 17.5 Å². The van der Waals surface area contributed by atoms with Gasteiger partial charge in [0.1, 0.15) is 0 Å². The summed E-state index contributed by atoms with van der Waals surface area (Å²) in [5.74, 6) is 0. The van der Waals surface area contributed by atoms with Crippen molar-refractivity contribution in [1.29, 1.82) is 0 Å². The predicted molar refractivity (Wildman–Crippen MR) is 55.5 cm³/mol. The van der Waals surface area contributed by atoms with Crippen LogP contribution in [0.2, 0.25) is 0 Å². The third kappa shape index (κ3) is 3.01. The van der Waals surface area contributed by atoms with Crippen LogP contribution in [0.3, 0.4) is 0 Å². The van der Waals surface area contributed by atoms with Crippen molar-refractivity contribution in [2.45, 2.75) is 17.1 Å². The van der Waals surface area contributed by atoms with Crippen LogP contribution in [0.1, 0.15) is 6.92 Å². The molecule has 1 aromatic rings. The lowest BCUT2D eigenvalue weighted by Crippen LogP contribution is -2.01. The average Bonchev–Trinajstić information content (AvgIpc) is 2.18. The Kier molecular flexibility index (Phi) is 3.91. The van der Waals surface area contributed by atoms with Gasteiger partial charge in [-0.05, 0) is 12.1 Å². The van der Waals surface area contributed by atoms with E-state index in [1.165, 1.54) is 23.9 Å². The SMILES string of the molecule is CC(CO)Sc1ccc([N+](=O)[O-])cc1. The first-order valence-corrected chi connectivity index (χ1v) is 5.03. The molecule has 0 saturated carbocycles. The van der Waals surface area contributed by atoms with E-state index in [2.05, 4.69) is 0 Å². The van der Waals surface area contributed by atoms with E-state index in [9.17, 15) is 10.1 Å². The topological polar surface area (TPSA) is 63.4 Å². The molecule has 1 rings (SSSR count). The number of hydrogen-bond acceptors (Lipinski definition) is 4. The van der Waals surface area contributed by atoms with E-state index in [1.807, 2.05) is 6.92 Å². The summed E-state index contributed by atoms with van der Waals surface area (Å²) in [4.78, 5) is 10.9. The van der Waals surface area contributed by atoms with Crippen molar-refractivity contribution in [3.05, 3.63) is 34.4 Å². The molecule has 0 spiro atoms. The number of non-ortho nitro benzene ring substituents is 1. The number of aliphatic hydroxyl groups excluding tert-OH is 1. The van der Waals surface area contributed by atoms with E-state index in [0.717, 1.165) is 4.90 Å². The molecule has 4 nitrogen and oxygen atoms in total. The molecule has 0 saturated heterocycles. The Bertz CT molecular complexity index is 312. The number of benzene rings is 1. The van der Waals surface area contributed by atoms with E-state index in [0.29, 0.717) is 0 Å². The van der Waals surface area contributed by atoms with Crippen molar-refractivity contribution in [2.75, 3.05) is 6.61 Å². The molecule has 14 heavy (non-hydrogen) atoms. The minimum atomic E-state index is -0.427. The van der Waals surface area contributed by atoms with Crippen molar-refractivity contribution < 1.29 is 10.0 Å². The lowest BCUT2D eigenvalue weighted by atomic mass is 10.3. The molecule has 5 heteroatoms. The van der Waals surface area contributed by atoms with Crippen LogP contribution in [0.15, 0.2) is 29.2 Å². The van der Waals surface area contributed by atoms with Crippen LogP contribution in [0, 0.1) is 10.1 Å². The van der Waals surface area contributed by atoms with Crippen molar-refractivity contribution >= 4 is 17.4 Å². The Labute approximate surface area is 86.1 Å². The summed E-state index contributed by atoms with van der Waals surface area (Å²) in [6.45, 7) is 1.99. The first-order valence-electron chi connectivity index (χ1n) is 4.15. The largest absolute Gasteiger partial charge is 0.395 e. The van der Waals surface area contributed by atoms with Gasteiger partial charge in [0.2, 0.25) is 0 Å². The fourth-order valence-corrected chi connectivity index (χ4v) is 1.75. The van der Waals surface area contributed by atoms with Gasteiger partial charge in [-0.15, -0.1) is 11.8 Å². The van der Waals surface area contributed by atoms with Crippen LogP contribution in [-0.4, -0.2) is 21.9 Å². The second-order valence-corrected chi connectivity index (χ2v) is 4.37. The molecule has 76 valence electrons. The van der Waals surface area contributed by atoms with Crippen LogP contribution in [0.4, 0.5) is 5.69 Å². The number of rotatable bonds is 4. The van der Waals surface area contributed by atoms with Gasteiger partial charge in [-0.3, -0.25) is 10.1 Å². The molecule has 1 aromatic carbocycles. The third-order valence-corrected chi connectivity index (χ3v) is 2.74. The second kappa shape index (κ2) is 4.97. The Balaban J connectivity index is 2.68. The summed E-state index contributed by atoms with van der Waals surface area (Å²) in [7, 11) is 0. The fourth-order valence-electron chi connectivity index (χ4n) is 0.916. The fraction of sp³-hybridized carbons (Fsp3) is 0.333. The van der Waals surface area contributed by atoms with Gasteiger partial charge in [-0.25, -0.2) is 0 Å². The molecule has 0 aliphatic rings. The summed E-state index contributed by atoms with van der Waals surface area (Å²) in [5.41, 5.74) is 0.0889. The molecule has 1 atom stereocenters. The van der Waals surface area contributed by atoms with Gasteiger partial charge in [0.05, 0.1) is 11.5 Å². The van der Waals surface area contributed by atoms with Gasteiger partial charge in [0, 0.05) is 22.3 Å². The lowest BCUT2D eigenvalue weighted by molar-refractivity contribution is -0.384. The maximum atomic E-state index is 10.3. The van der Waals surface area contributed by atoms with E-state index in [4.69, 9.17) is 5.11 Å². The molecule has 0 bridgehead atoms. The average molecular weight is 213 g/mol. The summed E-state index contributed by atoms with van der Waals surface area (Å²) in [5, 5.41) is 19.3. The van der Waals surface area contributed by atoms with Crippen LogP contribution < -0.4 is 0 Å². The molecule has 0 fully saturated rings. The molecule has 0 aromatic heterocycles. The maximum absolute atomic E-state index is 10.3. The van der Waals surface area contributed by atoms with Crippen LogP contribution in [0.25, 0.3) is 0 Å². The van der Waals surface area contributed by atoms with Crippen molar-refractivity contribution in [3.63, 3.8) is 0 Å². The lowest BCUT2D eigenvalue weighted by Gasteiger charge is -2.06. The molecule has 0 radical (unpaired) electrons. The van der Waals surface area contributed by atoms with Crippen molar-refractivity contribution in [2.24, 2.45) is 0 Å². The smallest absolute Gasteiger partial charge is 0.269 e. The standard InChI is InChI=1S/C9H11NO3S/c1-7(6-11)14-9-4-2-8(3-5-9)10(12)13/h2-5,7,11H,6H2,1H3. The zero-order valence-electron chi connectivity index (χ0n) is 7.71. The summed E-state index contributed by atoms with van der Waals surface area (Å²) < 4.78 is 0. The Hall–Kier alpha value is -1.07. The minimum absolute atomic E-state index is 0.0889. The number of aliphatic hydroxyl groups is 1. The minimum Gasteiger partial charge on any atom is -0.395 e. The normalized spacial score (nSPS) is 12.4. The van der Waals surface area contributed by atoms with Gasteiger partial charge in [0.25, 0.3) is 5.69 Å². The van der Waals surface area contributed by atoms with Crippen LogP contribution >= 0.6 is 11.8 Å². The van der Waals surface area contributed by atoms with E-state index >= 15 is 0 Å². The van der Waals surface area contributed by atoms with Crippen LogP contribution in [0.5, 0.6) is 0 Å². The van der Waals surface area contributed by atoms with Crippen LogP contribution in [-0.2, 0) is 0 Å². The van der Waals surface area contributed by atoms with Gasteiger partial charge in [-0.1, -0.05) is 6.92 Å². The van der Waals surface area contributed by atoms with Gasteiger partial charge in [0.15, 0.2) is 0 Å². The molecule has 0 heterocycles. The Morgan fingerprint density at radius 3 is 2.50 bits per heavy atom. The summed E-state index contributed by atoms with van der Waals surface area (Å²) in [6.07, 6.45) is 0. The van der Waals surface area contributed by atoms with E-state index < -0.39 is 4.92 Å². The highest BCUT2D eigenvalue weighted by molar-refractivity contribution is 8.00. The molecule has 0 amide bonds. The molecular weight excluding hydrogens is 202 g/mol. The highest BCUT2D eigenvalue weighted by Crippen LogP contribution is 2.24. The summed E-state index contributed by atoms with van der Waals surface area (Å²) in [6, 6.07) is 6.31. The first kappa shape index (κ1) is 11.0. The zero-order valence-corrected chi connectivity index (χ0v) is 8.53. The number of nitro groups is 1. The van der Waals surface area contributed by atoms with E-state index in [1.54, 1.807) is 12.1 Å². The molecular formula is C9H11NO3S. The zero-order chi connectivity index (χ0) is 10.6. The monoisotopic (exact) mass is 213 g/mol. The highest BCUT2D eigenvalue weighted by atomic mass is 32.2. The number of nitrogens with zero attached hydrogens (tertiary/aromatic N) is 1. The number of hydrogen-bond donors (Lipinski definition) is 1. The molecule has 1 unspecified atom stereocenters. The quantitative estimate of drug-likeness (QED) is 0.472. The Morgan fingerprint density at radius 1 is 1.50 bits per heavy atom. The molecule has 0 aliphatic carbocycles. The van der Waals surface area contributed by atoms with Crippen molar-refractivity contribution in [1.82, 2.24) is 0 Å². The predicted octanol–water partition coefficient (Wildman–Crippen LogP) is 2.07. The van der Waals surface area contributed by atoms with Crippen molar-refractivity contribution in [3.8, 4) is 0 Å². The van der Waals surface area contributed by atoms with Gasteiger partial charge >= 0.3 is 0 Å². The van der Waals surface area contributed by atoms with Gasteiger partial charge < -0.3 is 5.11 Å². The maximum Gasteiger partial charge on any atom is 0.269 e. The molecule has 0 aliphatic heterocycles. The first-order chi connectivity index (χ1) is 6.63. The number of thioether (sulfide) groups is 1. The summed E-state index contributed by atoms with van der Waals surface area (Å²) >= 11 is 1.49. The molecule has 1 N–H and O–H groups in total. The number of nitro benzene ring substituents is 1.